The molecule has 0 aliphatic heterocycles. The first-order valence-electron chi connectivity index (χ1n) is 6.69. The zero-order chi connectivity index (χ0) is 16.1. The van der Waals surface area contributed by atoms with Crippen molar-refractivity contribution in [3.8, 4) is 0 Å². The van der Waals surface area contributed by atoms with E-state index in [1.54, 1.807) is 30.3 Å². The van der Waals surface area contributed by atoms with Gasteiger partial charge in [-0.15, -0.1) is 6.58 Å². The van der Waals surface area contributed by atoms with E-state index in [4.69, 9.17) is 0 Å². The van der Waals surface area contributed by atoms with Gasteiger partial charge in [0.25, 0.3) is 5.69 Å². The summed E-state index contributed by atoms with van der Waals surface area (Å²) < 4.78 is 0. The number of carbonyl (C=O) groups is 1. The number of aliphatic hydroxyl groups is 1. The van der Waals surface area contributed by atoms with E-state index in [0.29, 0.717) is 11.1 Å². The van der Waals surface area contributed by atoms with E-state index in [9.17, 15) is 20.0 Å². The fourth-order valence-corrected chi connectivity index (χ4v) is 2.20. The van der Waals surface area contributed by atoms with E-state index in [0.717, 1.165) is 0 Å². The Kier molecular flexibility index (Phi) is 4.80. The van der Waals surface area contributed by atoms with Crippen molar-refractivity contribution >= 4 is 11.5 Å². The summed E-state index contributed by atoms with van der Waals surface area (Å²) in [6.45, 7) is 3.65. The van der Waals surface area contributed by atoms with Crippen molar-refractivity contribution in [2.75, 3.05) is 0 Å². The van der Waals surface area contributed by atoms with E-state index >= 15 is 0 Å². The number of carbonyl (C=O) groups excluding carboxylic acids is 1. The van der Waals surface area contributed by atoms with Gasteiger partial charge in [0.2, 0.25) is 0 Å². The molecule has 0 aromatic heterocycles. The largest absolute Gasteiger partial charge is 0.384 e. The van der Waals surface area contributed by atoms with Gasteiger partial charge in [-0.2, -0.15) is 0 Å². The molecule has 5 nitrogen and oxygen atoms in total. The van der Waals surface area contributed by atoms with Gasteiger partial charge in [0, 0.05) is 23.6 Å². The first-order valence-corrected chi connectivity index (χ1v) is 6.69. The lowest BCUT2D eigenvalue weighted by molar-refractivity contribution is -0.384. The Balaban J connectivity index is 2.25. The first kappa shape index (κ1) is 15.6. The average Bonchev–Trinajstić information content (AvgIpc) is 2.56. The van der Waals surface area contributed by atoms with E-state index in [2.05, 4.69) is 6.58 Å². The number of ketones is 1. The highest BCUT2D eigenvalue weighted by molar-refractivity contribution is 6.00. The molecular weight excluding hydrogens is 282 g/mol. The van der Waals surface area contributed by atoms with Crippen LogP contribution in [-0.2, 0) is 0 Å². The van der Waals surface area contributed by atoms with Gasteiger partial charge in [0.05, 0.1) is 4.92 Å². The molecule has 0 radical (unpaired) electrons. The molecule has 0 fully saturated rings. The van der Waals surface area contributed by atoms with Crippen molar-refractivity contribution in [3.63, 3.8) is 0 Å². The molecule has 2 aromatic rings. The van der Waals surface area contributed by atoms with Crippen LogP contribution in [0.3, 0.4) is 0 Å². The summed E-state index contributed by atoms with van der Waals surface area (Å²) in [5.74, 6) is -1.04. The van der Waals surface area contributed by atoms with Crippen LogP contribution in [-0.4, -0.2) is 21.9 Å². The molecule has 1 N–H and O–H groups in total. The Hall–Kier alpha value is -2.79. The van der Waals surface area contributed by atoms with Crippen molar-refractivity contribution in [2.45, 2.75) is 12.0 Å². The second-order valence-electron chi connectivity index (χ2n) is 4.79. The quantitative estimate of drug-likeness (QED) is 0.384. The number of benzene rings is 2. The predicted molar refractivity (Wildman–Crippen MR) is 82.8 cm³/mol. The van der Waals surface area contributed by atoms with Crippen LogP contribution in [0, 0.1) is 10.1 Å². The predicted octanol–water partition coefficient (Wildman–Crippen LogP) is 3.11. The minimum Gasteiger partial charge on any atom is -0.384 e. The second kappa shape index (κ2) is 6.78. The van der Waals surface area contributed by atoms with Crippen LogP contribution in [0.1, 0.15) is 21.8 Å². The maximum atomic E-state index is 12.3. The highest BCUT2D eigenvalue weighted by atomic mass is 16.6. The number of Topliss-reactive ketones (excluding diaryl/α,β-unsaturated/α-hetero) is 1. The molecule has 0 heterocycles. The molecule has 0 amide bonds. The lowest BCUT2D eigenvalue weighted by Crippen LogP contribution is -2.27. The van der Waals surface area contributed by atoms with Crippen LogP contribution in [0.25, 0.3) is 0 Å². The monoisotopic (exact) mass is 297 g/mol. The summed E-state index contributed by atoms with van der Waals surface area (Å²) >= 11 is 0. The molecule has 0 aliphatic carbocycles. The SMILES string of the molecule is C=C[C@H](c1ccc([N+](=O)[O-])cc1)[C@H](O)C(=O)c1ccccc1. The van der Waals surface area contributed by atoms with Crippen LogP contribution < -0.4 is 0 Å². The standard InChI is InChI=1S/C17H15NO4/c1-2-15(12-8-10-14(11-9-12)18(21)22)17(20)16(19)13-6-4-3-5-7-13/h2-11,15,17,20H,1H2/t15-,17+/m1/s1. The maximum Gasteiger partial charge on any atom is 0.269 e. The summed E-state index contributed by atoms with van der Waals surface area (Å²) in [5.41, 5.74) is 0.955. The van der Waals surface area contributed by atoms with Gasteiger partial charge in [-0.25, -0.2) is 0 Å². The smallest absolute Gasteiger partial charge is 0.269 e. The van der Waals surface area contributed by atoms with Crippen LogP contribution in [0.15, 0.2) is 67.3 Å². The van der Waals surface area contributed by atoms with E-state index < -0.39 is 22.7 Å². The van der Waals surface area contributed by atoms with E-state index in [1.807, 2.05) is 0 Å². The number of rotatable bonds is 6. The van der Waals surface area contributed by atoms with Crippen molar-refractivity contribution < 1.29 is 14.8 Å². The molecule has 112 valence electrons. The van der Waals surface area contributed by atoms with E-state index in [-0.39, 0.29) is 5.69 Å². The average molecular weight is 297 g/mol. The fraction of sp³-hybridized carbons (Fsp3) is 0.118. The Labute approximate surface area is 127 Å². The van der Waals surface area contributed by atoms with Crippen molar-refractivity contribution in [2.24, 2.45) is 0 Å². The maximum absolute atomic E-state index is 12.3. The van der Waals surface area contributed by atoms with Crippen LogP contribution in [0.4, 0.5) is 5.69 Å². The lowest BCUT2D eigenvalue weighted by atomic mass is 9.89. The third kappa shape index (κ3) is 3.27. The Bertz CT molecular complexity index is 680. The topological polar surface area (TPSA) is 80.4 Å². The molecule has 2 atom stereocenters. The molecule has 2 aromatic carbocycles. The van der Waals surface area contributed by atoms with E-state index in [1.165, 1.54) is 30.3 Å². The summed E-state index contributed by atoms with van der Waals surface area (Å²) in [6, 6.07) is 14.2. The highest BCUT2D eigenvalue weighted by Crippen LogP contribution is 2.25. The number of nitro groups is 1. The first-order chi connectivity index (χ1) is 10.5. The van der Waals surface area contributed by atoms with Crippen LogP contribution in [0.5, 0.6) is 0 Å². The van der Waals surface area contributed by atoms with Gasteiger partial charge in [0.1, 0.15) is 6.10 Å². The van der Waals surface area contributed by atoms with Gasteiger partial charge >= 0.3 is 0 Å². The number of nitro benzene ring substituents is 1. The Morgan fingerprint density at radius 1 is 1.14 bits per heavy atom. The molecule has 0 saturated heterocycles. The molecule has 2 rings (SSSR count). The Morgan fingerprint density at radius 2 is 1.73 bits per heavy atom. The number of hydrogen-bond acceptors (Lipinski definition) is 4. The molecule has 0 bridgehead atoms. The van der Waals surface area contributed by atoms with Gasteiger partial charge in [0.15, 0.2) is 5.78 Å². The summed E-state index contributed by atoms with van der Waals surface area (Å²) in [4.78, 5) is 22.4. The molecule has 0 spiro atoms. The molecular formula is C17H15NO4. The highest BCUT2D eigenvalue weighted by Gasteiger charge is 2.26. The van der Waals surface area contributed by atoms with Crippen molar-refractivity contribution in [3.05, 3.63) is 88.5 Å². The molecule has 5 heteroatoms. The summed E-state index contributed by atoms with van der Waals surface area (Å²) in [6.07, 6.45) is 0.175. The number of nitrogens with zero attached hydrogens (tertiary/aromatic N) is 1. The number of hydrogen-bond donors (Lipinski definition) is 1. The van der Waals surface area contributed by atoms with Crippen LogP contribution >= 0.6 is 0 Å². The molecule has 0 unspecified atom stereocenters. The Morgan fingerprint density at radius 3 is 2.23 bits per heavy atom. The second-order valence-corrected chi connectivity index (χ2v) is 4.79. The van der Waals surface area contributed by atoms with Crippen molar-refractivity contribution in [1.82, 2.24) is 0 Å². The summed E-state index contributed by atoms with van der Waals surface area (Å²) in [5, 5.41) is 21.0. The van der Waals surface area contributed by atoms with Gasteiger partial charge < -0.3 is 5.11 Å². The number of aliphatic hydroxyl groups excluding tert-OH is 1. The zero-order valence-corrected chi connectivity index (χ0v) is 11.8. The van der Waals surface area contributed by atoms with Gasteiger partial charge in [-0.3, -0.25) is 14.9 Å². The molecule has 22 heavy (non-hydrogen) atoms. The molecule has 0 saturated carbocycles. The van der Waals surface area contributed by atoms with Gasteiger partial charge in [-0.1, -0.05) is 48.5 Å². The number of non-ortho nitro benzene ring substituents is 1. The fourth-order valence-electron chi connectivity index (χ4n) is 2.20. The normalized spacial score (nSPS) is 13.1. The van der Waals surface area contributed by atoms with Crippen molar-refractivity contribution in [1.29, 1.82) is 0 Å². The third-order valence-corrected chi connectivity index (χ3v) is 3.41. The zero-order valence-electron chi connectivity index (χ0n) is 11.8. The lowest BCUT2D eigenvalue weighted by Gasteiger charge is -2.19. The minimum atomic E-state index is -1.29. The third-order valence-electron chi connectivity index (χ3n) is 3.41. The minimum absolute atomic E-state index is 0.0459. The molecule has 0 aliphatic rings. The van der Waals surface area contributed by atoms with Crippen LogP contribution in [0.2, 0.25) is 0 Å². The van der Waals surface area contributed by atoms with Gasteiger partial charge in [-0.05, 0) is 5.56 Å². The summed E-state index contributed by atoms with van der Waals surface area (Å²) in [7, 11) is 0.